The summed E-state index contributed by atoms with van der Waals surface area (Å²) >= 11 is 0. The molecule has 1 aliphatic rings. The van der Waals surface area contributed by atoms with Crippen molar-refractivity contribution in [3.63, 3.8) is 0 Å². The molecule has 0 bridgehead atoms. The number of hydrogen-bond donors (Lipinski definition) is 1. The minimum Gasteiger partial charge on any atom is -0.347 e. The summed E-state index contributed by atoms with van der Waals surface area (Å²) in [6, 6.07) is 9.33. The highest BCUT2D eigenvalue weighted by atomic mass is 16.2. The van der Waals surface area contributed by atoms with Crippen LogP contribution in [0.25, 0.3) is 0 Å². The lowest BCUT2D eigenvalue weighted by molar-refractivity contribution is -0.145. The van der Waals surface area contributed by atoms with Crippen molar-refractivity contribution < 1.29 is 9.59 Å². The predicted molar refractivity (Wildman–Crippen MR) is 85.2 cm³/mol. The molecular formula is C17H20N4O2. The predicted octanol–water partition coefficient (Wildman–Crippen LogP) is 1.34. The number of fused-ring (bicyclic) bond motifs is 1. The van der Waals surface area contributed by atoms with Gasteiger partial charge < -0.3 is 14.8 Å². The Bertz CT molecular complexity index is 710. The first-order valence-corrected chi connectivity index (χ1v) is 7.63. The van der Waals surface area contributed by atoms with Crippen LogP contribution in [0.5, 0.6) is 0 Å². The fourth-order valence-corrected chi connectivity index (χ4v) is 2.98. The average molecular weight is 312 g/mol. The lowest BCUT2D eigenvalue weighted by Gasteiger charge is -2.35. The summed E-state index contributed by atoms with van der Waals surface area (Å²) in [6.07, 6.45) is 2.07. The Hall–Kier alpha value is -2.63. The molecule has 120 valence electrons. The molecule has 6 heteroatoms. The number of nitrogens with zero attached hydrogens (tertiary/aromatic N) is 3. The Morgan fingerprint density at radius 1 is 1.35 bits per heavy atom. The summed E-state index contributed by atoms with van der Waals surface area (Å²) < 4.78 is 0. The van der Waals surface area contributed by atoms with Crippen LogP contribution in [0.15, 0.2) is 36.7 Å². The summed E-state index contributed by atoms with van der Waals surface area (Å²) in [4.78, 5) is 35.4. The maximum absolute atomic E-state index is 12.8. The molecule has 1 aliphatic heterocycles. The maximum Gasteiger partial charge on any atom is 0.245 e. The van der Waals surface area contributed by atoms with E-state index in [1.807, 2.05) is 30.3 Å². The number of imidazole rings is 1. The number of hydrogen-bond acceptors (Lipinski definition) is 3. The summed E-state index contributed by atoms with van der Waals surface area (Å²) in [5.41, 5.74) is 2.85. The molecule has 0 aliphatic carbocycles. The third-order valence-electron chi connectivity index (χ3n) is 4.23. The van der Waals surface area contributed by atoms with E-state index in [1.54, 1.807) is 23.2 Å². The smallest absolute Gasteiger partial charge is 0.245 e. The third-order valence-corrected chi connectivity index (χ3v) is 4.23. The molecule has 0 unspecified atom stereocenters. The van der Waals surface area contributed by atoms with Crippen LogP contribution in [0.4, 0.5) is 0 Å². The van der Waals surface area contributed by atoms with Gasteiger partial charge in [0.15, 0.2) is 0 Å². The van der Waals surface area contributed by atoms with Gasteiger partial charge in [-0.05, 0) is 5.56 Å². The lowest BCUT2D eigenvalue weighted by Crippen LogP contribution is -2.52. The molecule has 2 heterocycles. The van der Waals surface area contributed by atoms with Gasteiger partial charge in [0.05, 0.1) is 24.3 Å². The lowest BCUT2D eigenvalue weighted by atomic mass is 10.0. The largest absolute Gasteiger partial charge is 0.347 e. The molecule has 1 N–H and O–H groups in total. The quantitative estimate of drug-likeness (QED) is 0.930. The first-order valence-electron chi connectivity index (χ1n) is 7.63. The molecular weight excluding hydrogens is 292 g/mol. The highest BCUT2D eigenvalue weighted by molar-refractivity contribution is 5.87. The number of carbonyl (C=O) groups excluding carboxylic acids is 2. The van der Waals surface area contributed by atoms with E-state index in [0.29, 0.717) is 19.5 Å². The Morgan fingerprint density at radius 2 is 2.09 bits per heavy atom. The van der Waals surface area contributed by atoms with Gasteiger partial charge in [-0.3, -0.25) is 9.59 Å². The van der Waals surface area contributed by atoms with Crippen molar-refractivity contribution >= 4 is 11.8 Å². The van der Waals surface area contributed by atoms with Crippen molar-refractivity contribution in [2.75, 3.05) is 7.05 Å². The minimum atomic E-state index is -0.489. The number of carbonyl (C=O) groups is 2. The van der Waals surface area contributed by atoms with Gasteiger partial charge in [0, 0.05) is 26.9 Å². The number of H-pyrrole nitrogens is 1. The van der Waals surface area contributed by atoms with Crippen molar-refractivity contribution in [3.05, 3.63) is 53.6 Å². The number of aromatic amines is 1. The van der Waals surface area contributed by atoms with Crippen molar-refractivity contribution in [1.29, 1.82) is 0 Å². The van der Waals surface area contributed by atoms with E-state index in [9.17, 15) is 9.59 Å². The Kier molecular flexibility index (Phi) is 4.14. The summed E-state index contributed by atoms with van der Waals surface area (Å²) in [5, 5.41) is 0. The average Bonchev–Trinajstić information content (AvgIpc) is 3.01. The number of aromatic nitrogens is 2. The molecule has 0 saturated carbocycles. The number of nitrogens with one attached hydrogen (secondary N) is 1. The Morgan fingerprint density at radius 3 is 2.78 bits per heavy atom. The van der Waals surface area contributed by atoms with E-state index in [0.717, 1.165) is 17.0 Å². The van der Waals surface area contributed by atoms with Crippen molar-refractivity contribution in [2.45, 2.75) is 32.5 Å². The fraction of sp³-hybridized carbons (Fsp3) is 0.353. The molecule has 1 aromatic carbocycles. The molecule has 0 spiro atoms. The fourth-order valence-electron chi connectivity index (χ4n) is 2.98. The standard InChI is InChI=1S/C17H20N4O2/c1-12(22)21-10-15-14(18-11-19-15)8-16(21)17(23)20(2)9-13-6-4-3-5-7-13/h3-7,11,16H,8-10H2,1-2H3,(H,18,19)/t16-/m0/s1. The Labute approximate surface area is 135 Å². The second kappa shape index (κ2) is 6.24. The van der Waals surface area contributed by atoms with Crippen LogP contribution in [0.2, 0.25) is 0 Å². The molecule has 23 heavy (non-hydrogen) atoms. The maximum atomic E-state index is 12.8. The molecule has 0 radical (unpaired) electrons. The number of amides is 2. The van der Waals surface area contributed by atoms with Crippen LogP contribution in [0, 0.1) is 0 Å². The van der Waals surface area contributed by atoms with Crippen molar-refractivity contribution in [1.82, 2.24) is 19.8 Å². The molecule has 0 saturated heterocycles. The highest BCUT2D eigenvalue weighted by Crippen LogP contribution is 2.22. The zero-order valence-corrected chi connectivity index (χ0v) is 13.3. The molecule has 3 rings (SSSR count). The summed E-state index contributed by atoms with van der Waals surface area (Å²) in [7, 11) is 1.77. The van der Waals surface area contributed by atoms with E-state index < -0.39 is 6.04 Å². The molecule has 0 fully saturated rings. The topological polar surface area (TPSA) is 69.3 Å². The second-order valence-electron chi connectivity index (χ2n) is 5.87. The van der Waals surface area contributed by atoms with Gasteiger partial charge in [-0.2, -0.15) is 0 Å². The second-order valence-corrected chi connectivity index (χ2v) is 5.87. The van der Waals surface area contributed by atoms with E-state index in [1.165, 1.54) is 6.92 Å². The van der Waals surface area contributed by atoms with Crippen LogP contribution in [0.3, 0.4) is 0 Å². The molecule has 2 aromatic rings. The van der Waals surface area contributed by atoms with Gasteiger partial charge in [0.25, 0.3) is 0 Å². The van der Waals surface area contributed by atoms with Gasteiger partial charge in [-0.1, -0.05) is 30.3 Å². The number of rotatable bonds is 3. The van der Waals surface area contributed by atoms with E-state index in [4.69, 9.17) is 0 Å². The number of benzene rings is 1. The van der Waals surface area contributed by atoms with Gasteiger partial charge in [0.1, 0.15) is 6.04 Å². The normalized spacial score (nSPS) is 16.8. The van der Waals surface area contributed by atoms with Gasteiger partial charge >= 0.3 is 0 Å². The summed E-state index contributed by atoms with van der Waals surface area (Å²) in [5.74, 6) is -0.158. The third kappa shape index (κ3) is 3.11. The molecule has 1 aromatic heterocycles. The first-order chi connectivity index (χ1) is 11.1. The van der Waals surface area contributed by atoms with Crippen molar-refractivity contribution in [3.8, 4) is 0 Å². The van der Waals surface area contributed by atoms with Crippen molar-refractivity contribution in [2.24, 2.45) is 0 Å². The first kappa shape index (κ1) is 15.3. The molecule has 1 atom stereocenters. The van der Waals surface area contributed by atoms with Gasteiger partial charge in [-0.25, -0.2) is 4.98 Å². The van der Waals surface area contributed by atoms with Crippen LogP contribution >= 0.6 is 0 Å². The zero-order chi connectivity index (χ0) is 16.4. The molecule has 2 amide bonds. The van der Waals surface area contributed by atoms with E-state index in [-0.39, 0.29) is 11.8 Å². The van der Waals surface area contributed by atoms with Crippen LogP contribution < -0.4 is 0 Å². The summed E-state index contributed by atoms with van der Waals surface area (Å²) in [6.45, 7) is 2.43. The minimum absolute atomic E-state index is 0.0577. The van der Waals surface area contributed by atoms with E-state index in [2.05, 4.69) is 9.97 Å². The highest BCUT2D eigenvalue weighted by Gasteiger charge is 2.35. The van der Waals surface area contributed by atoms with Crippen LogP contribution in [0.1, 0.15) is 23.9 Å². The SMILES string of the molecule is CC(=O)N1Cc2[nH]cnc2C[C@H]1C(=O)N(C)Cc1ccccc1. The zero-order valence-electron chi connectivity index (χ0n) is 13.3. The molecule has 6 nitrogen and oxygen atoms in total. The number of likely N-dealkylation sites (N-methyl/N-ethyl adjacent to an activating group) is 1. The Balaban J connectivity index is 1.78. The van der Waals surface area contributed by atoms with Gasteiger partial charge in [-0.15, -0.1) is 0 Å². The van der Waals surface area contributed by atoms with E-state index >= 15 is 0 Å². The van der Waals surface area contributed by atoms with Crippen LogP contribution in [-0.2, 0) is 29.1 Å². The monoisotopic (exact) mass is 312 g/mol. The van der Waals surface area contributed by atoms with Crippen LogP contribution in [-0.4, -0.2) is 44.7 Å². The van der Waals surface area contributed by atoms with Gasteiger partial charge in [0.2, 0.25) is 11.8 Å².